The summed E-state index contributed by atoms with van der Waals surface area (Å²) in [5.41, 5.74) is 2.03. The van der Waals surface area contributed by atoms with Crippen LogP contribution in [0, 0.1) is 12.8 Å². The van der Waals surface area contributed by atoms with Gasteiger partial charge in [0.1, 0.15) is 0 Å². The standard InChI is InChI=1S/C14H23N3O/c1-11(2)9-16-14(18)7-8-15-10-13-6-4-5-12(3)17-13/h4-6,11,15H,7-10H2,1-3H3,(H,16,18). The molecule has 0 unspecified atom stereocenters. The van der Waals surface area contributed by atoms with Crippen molar-refractivity contribution in [1.82, 2.24) is 15.6 Å². The molecule has 0 aliphatic carbocycles. The molecule has 0 atom stereocenters. The molecule has 0 saturated heterocycles. The van der Waals surface area contributed by atoms with Gasteiger partial charge in [0.25, 0.3) is 0 Å². The number of carbonyl (C=O) groups excluding carboxylic acids is 1. The van der Waals surface area contributed by atoms with Gasteiger partial charge >= 0.3 is 0 Å². The van der Waals surface area contributed by atoms with Gasteiger partial charge in [-0.25, -0.2) is 0 Å². The Kier molecular flexibility index (Phi) is 6.36. The van der Waals surface area contributed by atoms with Gasteiger partial charge < -0.3 is 10.6 Å². The Balaban J connectivity index is 2.13. The molecule has 0 fully saturated rings. The summed E-state index contributed by atoms with van der Waals surface area (Å²) in [4.78, 5) is 15.8. The van der Waals surface area contributed by atoms with Gasteiger partial charge in [0, 0.05) is 31.7 Å². The number of nitrogens with one attached hydrogen (secondary N) is 2. The van der Waals surface area contributed by atoms with Crippen LogP contribution in [-0.4, -0.2) is 24.0 Å². The summed E-state index contributed by atoms with van der Waals surface area (Å²) >= 11 is 0. The lowest BCUT2D eigenvalue weighted by Crippen LogP contribution is -2.30. The molecule has 0 saturated carbocycles. The summed E-state index contributed by atoms with van der Waals surface area (Å²) < 4.78 is 0. The lowest BCUT2D eigenvalue weighted by Gasteiger charge is -2.08. The van der Waals surface area contributed by atoms with Crippen LogP contribution in [-0.2, 0) is 11.3 Å². The zero-order valence-corrected chi connectivity index (χ0v) is 11.5. The number of aromatic nitrogens is 1. The number of rotatable bonds is 7. The third-order valence-corrected chi connectivity index (χ3v) is 2.49. The second kappa shape index (κ2) is 7.82. The Labute approximate surface area is 109 Å². The molecule has 1 amide bonds. The highest BCUT2D eigenvalue weighted by atomic mass is 16.1. The van der Waals surface area contributed by atoms with E-state index in [9.17, 15) is 4.79 Å². The first-order valence-electron chi connectivity index (χ1n) is 6.48. The summed E-state index contributed by atoms with van der Waals surface area (Å²) in [6, 6.07) is 5.95. The molecule has 0 spiro atoms. The second-order valence-corrected chi connectivity index (χ2v) is 4.90. The van der Waals surface area contributed by atoms with Crippen LogP contribution in [0.25, 0.3) is 0 Å². The quantitative estimate of drug-likeness (QED) is 0.722. The predicted octanol–water partition coefficient (Wildman–Crippen LogP) is 1.64. The van der Waals surface area contributed by atoms with Crippen molar-refractivity contribution in [2.75, 3.05) is 13.1 Å². The third kappa shape index (κ3) is 6.35. The maximum absolute atomic E-state index is 11.4. The minimum absolute atomic E-state index is 0.105. The minimum Gasteiger partial charge on any atom is -0.356 e. The van der Waals surface area contributed by atoms with Crippen molar-refractivity contribution in [3.05, 3.63) is 29.6 Å². The van der Waals surface area contributed by atoms with Crippen molar-refractivity contribution < 1.29 is 4.79 Å². The largest absolute Gasteiger partial charge is 0.356 e. The number of amides is 1. The van der Waals surface area contributed by atoms with E-state index in [2.05, 4.69) is 29.5 Å². The van der Waals surface area contributed by atoms with Gasteiger partial charge in [-0.1, -0.05) is 19.9 Å². The molecule has 0 radical (unpaired) electrons. The fourth-order valence-corrected chi connectivity index (χ4v) is 1.52. The Bertz CT molecular complexity index is 377. The van der Waals surface area contributed by atoms with E-state index < -0.39 is 0 Å². The number of nitrogens with zero attached hydrogens (tertiary/aromatic N) is 1. The molecule has 0 aliphatic heterocycles. The number of hydrogen-bond donors (Lipinski definition) is 2. The van der Waals surface area contributed by atoms with E-state index in [1.807, 2.05) is 25.1 Å². The summed E-state index contributed by atoms with van der Waals surface area (Å²) in [6.45, 7) is 8.28. The molecule has 2 N–H and O–H groups in total. The van der Waals surface area contributed by atoms with Gasteiger partial charge in [0.05, 0.1) is 5.69 Å². The number of hydrogen-bond acceptors (Lipinski definition) is 3. The van der Waals surface area contributed by atoms with Crippen LogP contribution in [0.1, 0.15) is 31.7 Å². The Morgan fingerprint density at radius 3 is 2.83 bits per heavy atom. The van der Waals surface area contributed by atoms with Gasteiger partial charge in [-0.2, -0.15) is 0 Å². The summed E-state index contributed by atoms with van der Waals surface area (Å²) in [6.07, 6.45) is 0.512. The molecule has 1 aromatic rings. The molecular formula is C14H23N3O. The van der Waals surface area contributed by atoms with E-state index in [1.165, 1.54) is 0 Å². The van der Waals surface area contributed by atoms with Crippen molar-refractivity contribution in [3.63, 3.8) is 0 Å². The van der Waals surface area contributed by atoms with Crippen LogP contribution in [0.4, 0.5) is 0 Å². The molecule has 4 nitrogen and oxygen atoms in total. The third-order valence-electron chi connectivity index (χ3n) is 2.49. The van der Waals surface area contributed by atoms with Crippen LogP contribution in [0.2, 0.25) is 0 Å². The number of aryl methyl sites for hydroxylation is 1. The molecule has 0 bridgehead atoms. The van der Waals surface area contributed by atoms with Gasteiger partial charge in [-0.3, -0.25) is 9.78 Å². The normalized spacial score (nSPS) is 10.7. The molecule has 0 aliphatic rings. The highest BCUT2D eigenvalue weighted by Crippen LogP contribution is 1.97. The topological polar surface area (TPSA) is 54.0 Å². The van der Waals surface area contributed by atoms with Gasteiger partial charge in [0.15, 0.2) is 0 Å². The van der Waals surface area contributed by atoms with E-state index in [4.69, 9.17) is 0 Å². The predicted molar refractivity (Wildman–Crippen MR) is 73.1 cm³/mol. The molecule has 100 valence electrons. The van der Waals surface area contributed by atoms with Crippen LogP contribution in [0.3, 0.4) is 0 Å². The van der Waals surface area contributed by atoms with E-state index in [0.29, 0.717) is 25.4 Å². The van der Waals surface area contributed by atoms with Gasteiger partial charge in [0.2, 0.25) is 5.91 Å². The molecule has 1 heterocycles. The maximum Gasteiger partial charge on any atom is 0.221 e. The average molecular weight is 249 g/mol. The van der Waals surface area contributed by atoms with Gasteiger partial charge in [-0.15, -0.1) is 0 Å². The molecular weight excluding hydrogens is 226 g/mol. The smallest absolute Gasteiger partial charge is 0.221 e. The van der Waals surface area contributed by atoms with E-state index in [0.717, 1.165) is 17.9 Å². The maximum atomic E-state index is 11.4. The first-order valence-corrected chi connectivity index (χ1v) is 6.48. The van der Waals surface area contributed by atoms with Crippen molar-refractivity contribution >= 4 is 5.91 Å². The van der Waals surface area contributed by atoms with Crippen LogP contribution in [0.15, 0.2) is 18.2 Å². The van der Waals surface area contributed by atoms with Crippen LogP contribution < -0.4 is 10.6 Å². The Morgan fingerprint density at radius 1 is 1.39 bits per heavy atom. The Hall–Kier alpha value is -1.42. The van der Waals surface area contributed by atoms with Crippen molar-refractivity contribution in [1.29, 1.82) is 0 Å². The number of pyridine rings is 1. The van der Waals surface area contributed by atoms with E-state index >= 15 is 0 Å². The zero-order chi connectivity index (χ0) is 13.4. The first-order chi connectivity index (χ1) is 8.58. The summed E-state index contributed by atoms with van der Waals surface area (Å²) in [5.74, 6) is 0.604. The zero-order valence-electron chi connectivity index (χ0n) is 11.5. The van der Waals surface area contributed by atoms with Crippen LogP contribution in [0.5, 0.6) is 0 Å². The lowest BCUT2D eigenvalue weighted by molar-refractivity contribution is -0.121. The second-order valence-electron chi connectivity index (χ2n) is 4.90. The summed E-state index contributed by atoms with van der Waals surface area (Å²) in [7, 11) is 0. The van der Waals surface area contributed by atoms with Crippen molar-refractivity contribution in [3.8, 4) is 0 Å². The highest BCUT2D eigenvalue weighted by Gasteiger charge is 2.02. The SMILES string of the molecule is Cc1cccc(CNCCC(=O)NCC(C)C)n1. The fraction of sp³-hybridized carbons (Fsp3) is 0.571. The fourth-order valence-electron chi connectivity index (χ4n) is 1.52. The van der Waals surface area contributed by atoms with E-state index in [-0.39, 0.29) is 5.91 Å². The molecule has 0 aromatic carbocycles. The van der Waals surface area contributed by atoms with E-state index in [1.54, 1.807) is 0 Å². The lowest BCUT2D eigenvalue weighted by atomic mass is 10.2. The molecule has 1 aromatic heterocycles. The summed E-state index contributed by atoms with van der Waals surface area (Å²) in [5, 5.41) is 6.12. The Morgan fingerprint density at radius 2 is 2.17 bits per heavy atom. The average Bonchev–Trinajstić information content (AvgIpc) is 2.32. The van der Waals surface area contributed by atoms with Crippen molar-refractivity contribution in [2.45, 2.75) is 33.7 Å². The molecule has 18 heavy (non-hydrogen) atoms. The monoisotopic (exact) mass is 249 g/mol. The molecule has 1 rings (SSSR count). The number of carbonyl (C=O) groups is 1. The van der Waals surface area contributed by atoms with Gasteiger partial charge in [-0.05, 0) is 25.0 Å². The van der Waals surface area contributed by atoms with Crippen molar-refractivity contribution in [2.24, 2.45) is 5.92 Å². The van der Waals surface area contributed by atoms with Crippen LogP contribution >= 0.6 is 0 Å². The first kappa shape index (κ1) is 14.6. The minimum atomic E-state index is 0.105. The highest BCUT2D eigenvalue weighted by molar-refractivity contribution is 5.76. The molecule has 4 heteroatoms.